The second-order valence-corrected chi connectivity index (χ2v) is 9.07. The minimum absolute atomic E-state index is 0.250. The summed E-state index contributed by atoms with van der Waals surface area (Å²) in [5.41, 5.74) is 3.89. The molecule has 7 heteroatoms. The lowest BCUT2D eigenvalue weighted by Gasteiger charge is -2.33. The van der Waals surface area contributed by atoms with Gasteiger partial charge < -0.3 is 10.6 Å². The van der Waals surface area contributed by atoms with E-state index >= 15 is 0 Å². The minimum atomic E-state index is -0.851. The van der Waals surface area contributed by atoms with Gasteiger partial charge in [0, 0.05) is 17.0 Å². The molecule has 1 fully saturated rings. The Morgan fingerprint density at radius 2 is 1.85 bits per heavy atom. The molecule has 0 bridgehead atoms. The molecule has 2 N–H and O–H groups in total. The predicted molar refractivity (Wildman–Crippen MR) is 124 cm³/mol. The van der Waals surface area contributed by atoms with Crippen molar-refractivity contribution in [2.75, 3.05) is 5.32 Å². The number of rotatable bonds is 4. The summed E-state index contributed by atoms with van der Waals surface area (Å²) in [5, 5.41) is 10.8. The molecule has 0 radical (unpaired) electrons. The summed E-state index contributed by atoms with van der Waals surface area (Å²) in [5.74, 6) is -0.747. The number of halogens is 1. The van der Waals surface area contributed by atoms with Crippen LogP contribution in [0.15, 0.2) is 48.5 Å². The van der Waals surface area contributed by atoms with E-state index in [4.69, 9.17) is 5.10 Å². The summed E-state index contributed by atoms with van der Waals surface area (Å²) >= 11 is 0. The number of anilines is 1. The monoisotopic (exact) mass is 446 g/mol. The average molecular weight is 447 g/mol. The molecule has 0 unspecified atom stereocenters. The maximum Gasteiger partial charge on any atom is 0.251 e. The minimum Gasteiger partial charge on any atom is -0.339 e. The van der Waals surface area contributed by atoms with Gasteiger partial charge in [0.2, 0.25) is 5.91 Å². The van der Waals surface area contributed by atoms with Crippen LogP contribution in [0.3, 0.4) is 0 Å². The summed E-state index contributed by atoms with van der Waals surface area (Å²) in [6.45, 7) is 3.84. The van der Waals surface area contributed by atoms with Crippen LogP contribution in [0.5, 0.6) is 0 Å². The van der Waals surface area contributed by atoms with Crippen LogP contribution in [0.25, 0.3) is 0 Å². The molecule has 1 aromatic heterocycles. The average Bonchev–Trinajstić information content (AvgIpc) is 3.43. The molecule has 2 aliphatic rings. The molecule has 1 saturated carbocycles. The van der Waals surface area contributed by atoms with E-state index in [1.165, 1.54) is 12.1 Å². The number of nitrogens with one attached hydrogen (secondary N) is 2. The summed E-state index contributed by atoms with van der Waals surface area (Å²) in [6.07, 6.45) is 4.34. The van der Waals surface area contributed by atoms with Gasteiger partial charge in [0.25, 0.3) is 5.91 Å². The van der Waals surface area contributed by atoms with Crippen LogP contribution in [0.1, 0.15) is 70.4 Å². The van der Waals surface area contributed by atoms with Gasteiger partial charge in [0.05, 0.1) is 11.7 Å². The maximum absolute atomic E-state index is 13.7. The number of hydrogen-bond acceptors (Lipinski definition) is 3. The first-order chi connectivity index (χ1) is 15.9. The van der Waals surface area contributed by atoms with Crippen molar-refractivity contribution in [3.63, 3.8) is 0 Å². The van der Waals surface area contributed by atoms with E-state index in [1.807, 2.05) is 30.7 Å². The van der Waals surface area contributed by atoms with Gasteiger partial charge >= 0.3 is 0 Å². The second-order valence-electron chi connectivity index (χ2n) is 9.07. The van der Waals surface area contributed by atoms with Crippen LogP contribution in [0, 0.1) is 19.7 Å². The normalized spacial score (nSPS) is 20.4. The molecule has 0 saturated heterocycles. The fourth-order valence-electron chi connectivity index (χ4n) is 5.17. The van der Waals surface area contributed by atoms with Crippen LogP contribution >= 0.6 is 0 Å². The number of hydrogen-bond donors (Lipinski definition) is 2. The van der Waals surface area contributed by atoms with E-state index in [2.05, 4.69) is 10.6 Å². The van der Waals surface area contributed by atoms with Crippen molar-refractivity contribution in [1.82, 2.24) is 15.1 Å². The van der Waals surface area contributed by atoms with Gasteiger partial charge in [-0.25, -0.2) is 9.07 Å². The zero-order valence-corrected chi connectivity index (χ0v) is 18.8. The lowest BCUT2D eigenvalue weighted by Crippen LogP contribution is -2.50. The highest BCUT2D eigenvalue weighted by Gasteiger charge is 2.42. The Morgan fingerprint density at radius 1 is 1.12 bits per heavy atom. The molecule has 3 aromatic rings. The third-order valence-corrected chi connectivity index (χ3v) is 6.77. The zero-order valence-electron chi connectivity index (χ0n) is 18.8. The fraction of sp³-hybridized carbons (Fsp3) is 0.346. The van der Waals surface area contributed by atoms with Crippen molar-refractivity contribution in [1.29, 1.82) is 0 Å². The van der Waals surface area contributed by atoms with Gasteiger partial charge in [-0.05, 0) is 56.5 Å². The maximum atomic E-state index is 13.7. The van der Waals surface area contributed by atoms with E-state index in [0.29, 0.717) is 11.4 Å². The van der Waals surface area contributed by atoms with E-state index in [-0.39, 0.29) is 23.7 Å². The van der Waals surface area contributed by atoms with Gasteiger partial charge in [0.1, 0.15) is 17.7 Å². The SMILES string of the molecule is Cc1cccc(C(=O)N[C@@H]2C(=O)Nc3c(c(C)nn3C3CCCC3)[C@H]2c2ccc(F)cc2)c1. The number of amides is 2. The molecular formula is C26H27FN4O2. The molecule has 2 aromatic carbocycles. The van der Waals surface area contributed by atoms with Crippen LogP contribution in [0.2, 0.25) is 0 Å². The van der Waals surface area contributed by atoms with Crippen molar-refractivity contribution in [2.45, 2.75) is 57.5 Å². The summed E-state index contributed by atoms with van der Waals surface area (Å²) in [6, 6.07) is 12.8. The Balaban J connectivity index is 1.58. The molecule has 1 aliphatic carbocycles. The lowest BCUT2D eigenvalue weighted by atomic mass is 9.81. The molecule has 33 heavy (non-hydrogen) atoms. The molecular weight excluding hydrogens is 419 g/mol. The fourth-order valence-corrected chi connectivity index (χ4v) is 5.17. The van der Waals surface area contributed by atoms with Gasteiger partial charge in [-0.3, -0.25) is 9.59 Å². The smallest absolute Gasteiger partial charge is 0.251 e. The number of carbonyl (C=O) groups is 2. The molecule has 2 atom stereocenters. The first-order valence-electron chi connectivity index (χ1n) is 11.4. The van der Waals surface area contributed by atoms with Crippen molar-refractivity contribution in [2.24, 2.45) is 0 Å². The molecule has 5 rings (SSSR count). The highest BCUT2D eigenvalue weighted by atomic mass is 19.1. The second kappa shape index (κ2) is 8.46. The van der Waals surface area contributed by atoms with E-state index in [0.717, 1.165) is 48.1 Å². The molecule has 2 amide bonds. The number of aromatic nitrogens is 2. The molecule has 6 nitrogen and oxygen atoms in total. The van der Waals surface area contributed by atoms with E-state index < -0.39 is 12.0 Å². The number of aryl methyl sites for hydroxylation is 2. The molecule has 0 spiro atoms. The van der Waals surface area contributed by atoms with Gasteiger partial charge in [0.15, 0.2) is 0 Å². The molecule has 2 heterocycles. The van der Waals surface area contributed by atoms with E-state index in [9.17, 15) is 14.0 Å². The Kier molecular flexibility index (Phi) is 5.48. The first kappa shape index (κ1) is 21.4. The standard InChI is InChI=1S/C26H27FN4O2/c1-15-6-5-7-18(14-15)25(32)28-23-22(17-10-12-19(27)13-11-17)21-16(2)30-31(20-8-3-4-9-20)24(21)29-26(23)33/h5-7,10-14,20,22-23H,3-4,8-9H2,1-2H3,(H,28,32)(H,29,33)/t22-,23+/m1/s1. The summed E-state index contributed by atoms with van der Waals surface area (Å²) in [7, 11) is 0. The lowest BCUT2D eigenvalue weighted by molar-refractivity contribution is -0.118. The first-order valence-corrected chi connectivity index (χ1v) is 11.4. The van der Waals surface area contributed by atoms with Gasteiger partial charge in [-0.15, -0.1) is 0 Å². The highest BCUT2D eigenvalue weighted by molar-refractivity contribution is 6.04. The van der Waals surface area contributed by atoms with Crippen LogP contribution in [0.4, 0.5) is 10.2 Å². The van der Waals surface area contributed by atoms with Gasteiger partial charge in [-0.2, -0.15) is 5.10 Å². The quantitative estimate of drug-likeness (QED) is 0.613. The van der Waals surface area contributed by atoms with Crippen molar-refractivity contribution >= 4 is 17.6 Å². The van der Waals surface area contributed by atoms with Crippen LogP contribution in [-0.2, 0) is 4.79 Å². The Morgan fingerprint density at radius 3 is 2.55 bits per heavy atom. The third kappa shape index (κ3) is 3.92. The Bertz CT molecular complexity index is 1210. The molecule has 170 valence electrons. The summed E-state index contributed by atoms with van der Waals surface area (Å²) < 4.78 is 15.7. The number of benzene rings is 2. The number of carbonyl (C=O) groups excluding carboxylic acids is 2. The van der Waals surface area contributed by atoms with E-state index in [1.54, 1.807) is 24.3 Å². The summed E-state index contributed by atoms with van der Waals surface area (Å²) in [4.78, 5) is 26.5. The predicted octanol–water partition coefficient (Wildman–Crippen LogP) is 4.64. The van der Waals surface area contributed by atoms with Crippen LogP contribution in [-0.4, -0.2) is 27.6 Å². The number of fused-ring (bicyclic) bond motifs is 1. The zero-order chi connectivity index (χ0) is 23.1. The Hall–Kier alpha value is -3.48. The largest absolute Gasteiger partial charge is 0.339 e. The Labute approximate surface area is 192 Å². The topological polar surface area (TPSA) is 76.0 Å². The molecule has 1 aliphatic heterocycles. The van der Waals surface area contributed by atoms with Gasteiger partial charge in [-0.1, -0.05) is 42.7 Å². The van der Waals surface area contributed by atoms with Crippen molar-refractivity contribution < 1.29 is 14.0 Å². The van der Waals surface area contributed by atoms with Crippen molar-refractivity contribution in [3.8, 4) is 0 Å². The number of nitrogens with zero attached hydrogens (tertiary/aromatic N) is 2. The van der Waals surface area contributed by atoms with Crippen molar-refractivity contribution in [3.05, 3.63) is 82.3 Å². The van der Waals surface area contributed by atoms with Crippen LogP contribution < -0.4 is 10.6 Å². The third-order valence-electron chi connectivity index (χ3n) is 6.77. The highest BCUT2D eigenvalue weighted by Crippen LogP contribution is 2.42.